The van der Waals surface area contributed by atoms with Crippen LogP contribution in [0.3, 0.4) is 0 Å². The third-order valence-electron chi connectivity index (χ3n) is 3.15. The molecule has 0 saturated carbocycles. The molecule has 3 N–H and O–H groups in total. The van der Waals surface area contributed by atoms with Crippen LogP contribution in [-0.4, -0.2) is 29.9 Å². The normalized spacial score (nSPS) is 13.6. The van der Waals surface area contributed by atoms with Crippen LogP contribution >= 0.6 is 12.4 Å². The first-order valence-electron chi connectivity index (χ1n) is 6.69. The second-order valence-electron chi connectivity index (χ2n) is 4.65. The van der Waals surface area contributed by atoms with E-state index >= 15 is 0 Å². The van der Waals surface area contributed by atoms with Gasteiger partial charge in [-0.2, -0.15) is 0 Å². The number of nitrogens with zero attached hydrogens (tertiary/aromatic N) is 1. The summed E-state index contributed by atoms with van der Waals surface area (Å²) >= 11 is 0. The van der Waals surface area contributed by atoms with Crippen LogP contribution in [0.4, 0.5) is 11.4 Å². The van der Waals surface area contributed by atoms with E-state index in [2.05, 4.69) is 10.6 Å². The van der Waals surface area contributed by atoms with Crippen LogP contribution in [0.2, 0.25) is 0 Å². The molecule has 20 heavy (non-hydrogen) atoms. The summed E-state index contributed by atoms with van der Waals surface area (Å²) < 4.78 is 0. The van der Waals surface area contributed by atoms with Crippen LogP contribution < -0.4 is 10.6 Å². The Morgan fingerprint density at radius 2 is 1.85 bits per heavy atom. The van der Waals surface area contributed by atoms with Crippen molar-refractivity contribution in [2.75, 3.05) is 23.7 Å². The lowest BCUT2D eigenvalue weighted by Gasteiger charge is -2.19. The molecule has 110 valence electrons. The lowest BCUT2D eigenvalue weighted by atomic mass is 10.2. The first-order valence-corrected chi connectivity index (χ1v) is 6.69. The van der Waals surface area contributed by atoms with E-state index in [1.807, 2.05) is 36.1 Å². The fourth-order valence-corrected chi connectivity index (χ4v) is 2.08. The number of nitrogens with one attached hydrogen (secondary N) is 3. The number of halogens is 1. The number of anilines is 2. The zero-order valence-corrected chi connectivity index (χ0v) is 12.4. The second-order valence-corrected chi connectivity index (χ2v) is 4.65. The summed E-state index contributed by atoms with van der Waals surface area (Å²) in [4.78, 5) is 13.4. The predicted molar refractivity (Wildman–Crippen MR) is 84.8 cm³/mol. The highest BCUT2D eigenvalue weighted by Gasteiger charge is 2.14. The van der Waals surface area contributed by atoms with Crippen LogP contribution in [0.25, 0.3) is 0 Å². The molecule has 1 aromatic carbocycles. The van der Waals surface area contributed by atoms with E-state index < -0.39 is 0 Å². The zero-order valence-electron chi connectivity index (χ0n) is 11.6. The number of amides is 1. The van der Waals surface area contributed by atoms with Gasteiger partial charge in [-0.3, -0.25) is 10.2 Å². The zero-order chi connectivity index (χ0) is 13.7. The van der Waals surface area contributed by atoms with Gasteiger partial charge in [0, 0.05) is 30.9 Å². The molecule has 0 radical (unpaired) electrons. The number of guanidine groups is 1. The minimum atomic E-state index is -0.00762. The van der Waals surface area contributed by atoms with Crippen molar-refractivity contribution in [3.63, 3.8) is 0 Å². The van der Waals surface area contributed by atoms with Crippen LogP contribution in [0.1, 0.15) is 26.2 Å². The molecular formula is C14H21ClN4O. The smallest absolute Gasteiger partial charge is 0.224 e. The second kappa shape index (κ2) is 7.75. The highest BCUT2D eigenvalue weighted by molar-refractivity contribution is 5.94. The Morgan fingerprint density at radius 3 is 2.45 bits per heavy atom. The highest BCUT2D eigenvalue weighted by atomic mass is 35.5. The molecule has 0 aromatic heterocycles. The standard InChI is InChI=1S/C14H20N4O.ClH/c1-2-13(19)16-11-6-5-7-12(10-11)17-14(15)18-8-3-4-9-18;/h5-7,10H,2-4,8-9H2,1H3,(H2,15,17)(H,16,19);1H. The highest BCUT2D eigenvalue weighted by Crippen LogP contribution is 2.16. The molecule has 0 unspecified atom stereocenters. The lowest BCUT2D eigenvalue weighted by Crippen LogP contribution is -2.32. The number of carbonyl (C=O) groups excluding carboxylic acids is 1. The van der Waals surface area contributed by atoms with Crippen LogP contribution in [0, 0.1) is 5.41 Å². The van der Waals surface area contributed by atoms with Crippen LogP contribution in [0.5, 0.6) is 0 Å². The SMILES string of the molecule is CCC(=O)Nc1cccc(NC(=N)N2CCCC2)c1.Cl. The molecule has 0 aliphatic carbocycles. The van der Waals surface area contributed by atoms with Crippen molar-refractivity contribution in [3.8, 4) is 0 Å². The number of carbonyl (C=O) groups is 1. The predicted octanol–water partition coefficient (Wildman–Crippen LogP) is 2.90. The number of rotatable bonds is 3. The molecule has 1 amide bonds. The van der Waals surface area contributed by atoms with Crippen molar-refractivity contribution in [3.05, 3.63) is 24.3 Å². The van der Waals surface area contributed by atoms with Gasteiger partial charge in [0.25, 0.3) is 0 Å². The molecule has 1 aromatic rings. The van der Waals surface area contributed by atoms with Crippen molar-refractivity contribution in [2.45, 2.75) is 26.2 Å². The van der Waals surface area contributed by atoms with Crippen LogP contribution in [-0.2, 0) is 4.79 Å². The van der Waals surface area contributed by atoms with Gasteiger partial charge in [-0.05, 0) is 31.0 Å². The molecule has 0 spiro atoms. The maximum absolute atomic E-state index is 11.3. The fourth-order valence-electron chi connectivity index (χ4n) is 2.08. The first kappa shape index (κ1) is 16.3. The van der Waals surface area contributed by atoms with Crippen molar-refractivity contribution in [1.29, 1.82) is 5.41 Å². The summed E-state index contributed by atoms with van der Waals surface area (Å²) in [5.41, 5.74) is 1.58. The molecule has 1 fully saturated rings. The minimum absolute atomic E-state index is 0. The van der Waals surface area contributed by atoms with Gasteiger partial charge in [-0.1, -0.05) is 13.0 Å². The Morgan fingerprint density at radius 1 is 1.25 bits per heavy atom. The molecule has 6 heteroatoms. The summed E-state index contributed by atoms with van der Waals surface area (Å²) in [5.74, 6) is 0.420. The fraction of sp³-hybridized carbons (Fsp3) is 0.429. The van der Waals surface area contributed by atoms with Crippen molar-refractivity contribution >= 4 is 35.6 Å². The Bertz CT molecular complexity index is 472. The molecular weight excluding hydrogens is 276 g/mol. The topological polar surface area (TPSA) is 68.2 Å². The van der Waals surface area contributed by atoms with Gasteiger partial charge < -0.3 is 15.5 Å². The summed E-state index contributed by atoms with van der Waals surface area (Å²) in [7, 11) is 0. The molecule has 1 aliphatic rings. The van der Waals surface area contributed by atoms with Crippen molar-refractivity contribution in [2.24, 2.45) is 0 Å². The van der Waals surface area contributed by atoms with Crippen LogP contribution in [0.15, 0.2) is 24.3 Å². The van der Waals surface area contributed by atoms with Crippen molar-refractivity contribution < 1.29 is 4.79 Å². The molecule has 1 aliphatic heterocycles. The Balaban J connectivity index is 0.00000200. The minimum Gasteiger partial charge on any atom is -0.343 e. The summed E-state index contributed by atoms with van der Waals surface area (Å²) in [5, 5.41) is 13.9. The molecule has 2 rings (SSSR count). The Hall–Kier alpha value is -1.75. The Labute approximate surface area is 125 Å². The van der Waals surface area contributed by atoms with Gasteiger partial charge in [0.2, 0.25) is 5.91 Å². The average molecular weight is 297 g/mol. The maximum atomic E-state index is 11.3. The Kier molecular flexibility index (Phi) is 6.31. The van der Waals surface area contributed by atoms with E-state index in [-0.39, 0.29) is 18.3 Å². The first-order chi connectivity index (χ1) is 9.19. The number of hydrogen-bond acceptors (Lipinski definition) is 2. The van der Waals surface area contributed by atoms with Gasteiger partial charge in [0.15, 0.2) is 5.96 Å². The average Bonchev–Trinajstić information content (AvgIpc) is 2.93. The summed E-state index contributed by atoms with van der Waals surface area (Å²) in [6.07, 6.45) is 2.76. The molecule has 0 bridgehead atoms. The number of likely N-dealkylation sites (tertiary alicyclic amines) is 1. The molecule has 1 saturated heterocycles. The van der Waals surface area contributed by atoms with Gasteiger partial charge in [-0.25, -0.2) is 0 Å². The van der Waals surface area contributed by atoms with E-state index in [0.717, 1.165) is 37.3 Å². The van der Waals surface area contributed by atoms with E-state index in [0.29, 0.717) is 12.4 Å². The molecule has 0 atom stereocenters. The van der Waals surface area contributed by atoms with Crippen molar-refractivity contribution in [1.82, 2.24) is 4.90 Å². The third kappa shape index (κ3) is 4.42. The number of hydrogen-bond donors (Lipinski definition) is 3. The molecule has 5 nitrogen and oxygen atoms in total. The monoisotopic (exact) mass is 296 g/mol. The number of benzene rings is 1. The lowest BCUT2D eigenvalue weighted by molar-refractivity contribution is -0.115. The van der Waals surface area contributed by atoms with E-state index in [9.17, 15) is 4.79 Å². The van der Waals surface area contributed by atoms with E-state index in [1.165, 1.54) is 0 Å². The van der Waals surface area contributed by atoms with Gasteiger partial charge in [0.05, 0.1) is 0 Å². The van der Waals surface area contributed by atoms with E-state index in [1.54, 1.807) is 0 Å². The third-order valence-corrected chi connectivity index (χ3v) is 3.15. The quantitative estimate of drug-likeness (QED) is 0.593. The van der Waals surface area contributed by atoms with Gasteiger partial charge in [0.1, 0.15) is 0 Å². The summed E-state index contributed by atoms with van der Waals surface area (Å²) in [6.45, 7) is 3.71. The maximum Gasteiger partial charge on any atom is 0.224 e. The molecule has 1 heterocycles. The largest absolute Gasteiger partial charge is 0.343 e. The summed E-state index contributed by atoms with van der Waals surface area (Å²) in [6, 6.07) is 7.45. The van der Waals surface area contributed by atoms with Gasteiger partial charge >= 0.3 is 0 Å². The van der Waals surface area contributed by atoms with E-state index in [4.69, 9.17) is 5.41 Å². The van der Waals surface area contributed by atoms with Gasteiger partial charge in [-0.15, -0.1) is 12.4 Å².